The number of nitrogens with zero attached hydrogens (tertiary/aromatic N) is 1. The van der Waals surface area contributed by atoms with Crippen LogP contribution < -0.4 is 10.2 Å². The molecular formula is C16H12N2O4S. The number of anilines is 2. The highest BCUT2D eigenvalue weighted by Gasteiger charge is 2.41. The lowest BCUT2D eigenvalue weighted by Gasteiger charge is -2.15. The molecule has 1 saturated heterocycles. The number of thioether (sulfide) groups is 1. The molecular weight excluding hydrogens is 316 g/mol. The average molecular weight is 328 g/mol. The second-order valence-corrected chi connectivity index (χ2v) is 5.82. The molecule has 0 spiro atoms. The summed E-state index contributed by atoms with van der Waals surface area (Å²) in [5, 5.41) is 10.8. The molecule has 0 saturated carbocycles. The number of carboxylic acid groups (broad SMARTS) is 1. The van der Waals surface area contributed by atoms with Gasteiger partial charge in [0.2, 0.25) is 0 Å². The number of benzene rings is 2. The van der Waals surface area contributed by atoms with Gasteiger partial charge in [-0.15, -0.1) is 0 Å². The van der Waals surface area contributed by atoms with Crippen LogP contribution in [-0.2, 0) is 4.79 Å². The van der Waals surface area contributed by atoms with Gasteiger partial charge in [0.1, 0.15) is 0 Å². The van der Waals surface area contributed by atoms with E-state index in [2.05, 4.69) is 5.32 Å². The smallest absolute Gasteiger partial charge is 0.337 e. The number of hydrogen-bond donors (Lipinski definition) is 2. The Balaban J connectivity index is 1.85. The predicted molar refractivity (Wildman–Crippen MR) is 87.7 cm³/mol. The molecule has 0 aromatic heterocycles. The Hall–Kier alpha value is -2.80. The number of carbonyl (C=O) groups excluding carboxylic acids is 2. The maximum Gasteiger partial charge on any atom is 0.337 e. The van der Waals surface area contributed by atoms with Gasteiger partial charge in [-0.2, -0.15) is 0 Å². The summed E-state index contributed by atoms with van der Waals surface area (Å²) in [6.07, 6.45) is 0. The lowest BCUT2D eigenvalue weighted by molar-refractivity contribution is -0.116. The van der Waals surface area contributed by atoms with Crippen LogP contribution in [-0.4, -0.2) is 27.6 Å². The molecule has 0 radical (unpaired) electrons. The molecule has 2 aromatic carbocycles. The summed E-state index contributed by atoms with van der Waals surface area (Å²) in [6.45, 7) is 0. The van der Waals surface area contributed by atoms with Gasteiger partial charge in [0, 0.05) is 5.69 Å². The van der Waals surface area contributed by atoms with E-state index in [1.807, 2.05) is 0 Å². The van der Waals surface area contributed by atoms with Crippen LogP contribution in [0.3, 0.4) is 0 Å². The number of carbonyl (C=O) groups is 3. The monoisotopic (exact) mass is 328 g/mol. The van der Waals surface area contributed by atoms with Crippen LogP contribution >= 0.6 is 11.8 Å². The van der Waals surface area contributed by atoms with E-state index in [4.69, 9.17) is 0 Å². The summed E-state index contributed by atoms with van der Waals surface area (Å²) in [5.41, 5.74) is 0.839. The molecule has 1 heterocycles. The van der Waals surface area contributed by atoms with Crippen molar-refractivity contribution in [3.8, 4) is 0 Å². The Labute approximate surface area is 136 Å². The molecule has 0 aliphatic carbocycles. The Morgan fingerprint density at radius 3 is 2.39 bits per heavy atom. The van der Waals surface area contributed by atoms with Crippen LogP contribution in [0.25, 0.3) is 0 Å². The summed E-state index contributed by atoms with van der Waals surface area (Å²) in [6, 6.07) is 14.9. The summed E-state index contributed by atoms with van der Waals surface area (Å²) >= 11 is 0.825. The molecule has 116 valence electrons. The minimum absolute atomic E-state index is 0.0477. The minimum atomic E-state index is -1.10. The van der Waals surface area contributed by atoms with Gasteiger partial charge in [0.25, 0.3) is 11.1 Å². The van der Waals surface area contributed by atoms with Crippen LogP contribution in [0.1, 0.15) is 10.4 Å². The topological polar surface area (TPSA) is 86.7 Å². The molecule has 2 N–H and O–H groups in total. The first-order valence-corrected chi connectivity index (χ1v) is 7.64. The van der Waals surface area contributed by atoms with Crippen molar-refractivity contribution < 1.29 is 19.5 Å². The number of hydrogen-bond acceptors (Lipinski definition) is 5. The maximum atomic E-state index is 12.5. The first-order chi connectivity index (χ1) is 11.1. The predicted octanol–water partition coefficient (Wildman–Crippen LogP) is 3.02. The van der Waals surface area contributed by atoms with Gasteiger partial charge in [0.15, 0.2) is 5.37 Å². The first kappa shape index (κ1) is 15.1. The third kappa shape index (κ3) is 2.91. The second kappa shape index (κ2) is 6.13. The van der Waals surface area contributed by atoms with Crippen molar-refractivity contribution in [1.29, 1.82) is 0 Å². The van der Waals surface area contributed by atoms with Crippen LogP contribution in [0, 0.1) is 0 Å². The Morgan fingerprint density at radius 1 is 1.04 bits per heavy atom. The van der Waals surface area contributed by atoms with E-state index < -0.39 is 22.5 Å². The zero-order chi connectivity index (χ0) is 16.4. The fraction of sp³-hybridized carbons (Fsp3) is 0.0625. The molecule has 2 aromatic rings. The van der Waals surface area contributed by atoms with Crippen molar-refractivity contribution in [2.75, 3.05) is 10.2 Å². The fourth-order valence-corrected chi connectivity index (χ4v) is 3.14. The van der Waals surface area contributed by atoms with Crippen LogP contribution in [0.4, 0.5) is 16.2 Å². The maximum absolute atomic E-state index is 12.5. The summed E-state index contributed by atoms with van der Waals surface area (Å²) in [7, 11) is 0. The van der Waals surface area contributed by atoms with Gasteiger partial charge >= 0.3 is 5.97 Å². The number of imide groups is 1. The van der Waals surface area contributed by atoms with Crippen LogP contribution in [0.2, 0.25) is 0 Å². The molecule has 6 nitrogen and oxygen atoms in total. The second-order valence-electron chi connectivity index (χ2n) is 4.77. The van der Waals surface area contributed by atoms with E-state index in [9.17, 15) is 19.5 Å². The molecule has 7 heteroatoms. The summed E-state index contributed by atoms with van der Waals surface area (Å²) in [5.74, 6) is -1.53. The average Bonchev–Trinajstić information content (AvgIpc) is 2.82. The van der Waals surface area contributed by atoms with Crippen molar-refractivity contribution in [3.05, 3.63) is 60.2 Å². The van der Waals surface area contributed by atoms with E-state index in [1.165, 1.54) is 6.07 Å². The minimum Gasteiger partial charge on any atom is -0.478 e. The normalized spacial score (nSPS) is 17.4. The molecule has 2 amide bonds. The van der Waals surface area contributed by atoms with E-state index in [0.717, 1.165) is 16.7 Å². The summed E-state index contributed by atoms with van der Waals surface area (Å²) in [4.78, 5) is 36.9. The van der Waals surface area contributed by atoms with Crippen molar-refractivity contribution in [3.63, 3.8) is 0 Å². The third-order valence-electron chi connectivity index (χ3n) is 3.30. The lowest BCUT2D eigenvalue weighted by atomic mass is 10.2. The zero-order valence-electron chi connectivity index (χ0n) is 11.8. The standard InChI is InChI=1S/C16H12N2O4S/c19-14-13(17-12-9-5-4-8-11(12)15(20)21)23-16(22)18(14)10-6-2-1-3-7-10/h1-9,13,17H,(H,20,21)/t13-/m1/s1. The molecule has 0 bridgehead atoms. The number of aromatic carboxylic acids is 1. The number of para-hydroxylation sites is 2. The van der Waals surface area contributed by atoms with Gasteiger partial charge in [0.05, 0.1) is 11.3 Å². The van der Waals surface area contributed by atoms with E-state index in [-0.39, 0.29) is 5.56 Å². The SMILES string of the molecule is O=C(O)c1ccccc1N[C@@H]1SC(=O)N(c2ccccc2)C1=O. The van der Waals surface area contributed by atoms with Gasteiger partial charge in [-0.1, -0.05) is 30.3 Å². The van der Waals surface area contributed by atoms with E-state index in [1.54, 1.807) is 48.5 Å². The molecule has 1 fully saturated rings. The number of rotatable bonds is 4. The van der Waals surface area contributed by atoms with Crippen molar-refractivity contribution >= 4 is 40.3 Å². The molecule has 1 aliphatic rings. The zero-order valence-corrected chi connectivity index (χ0v) is 12.6. The highest BCUT2D eigenvalue weighted by Crippen LogP contribution is 2.32. The number of nitrogens with one attached hydrogen (secondary N) is 1. The van der Waals surface area contributed by atoms with Crippen molar-refractivity contribution in [2.45, 2.75) is 5.37 Å². The summed E-state index contributed by atoms with van der Waals surface area (Å²) < 4.78 is 0. The quantitative estimate of drug-likeness (QED) is 0.897. The highest BCUT2D eigenvalue weighted by atomic mass is 32.2. The number of amides is 2. The molecule has 0 unspecified atom stereocenters. The van der Waals surface area contributed by atoms with E-state index >= 15 is 0 Å². The van der Waals surface area contributed by atoms with Crippen molar-refractivity contribution in [2.24, 2.45) is 0 Å². The molecule has 23 heavy (non-hydrogen) atoms. The lowest BCUT2D eigenvalue weighted by Crippen LogP contribution is -2.34. The Bertz CT molecular complexity index is 779. The van der Waals surface area contributed by atoms with Crippen LogP contribution in [0.15, 0.2) is 54.6 Å². The Kier molecular flexibility index (Phi) is 4.03. The molecule has 3 rings (SSSR count). The van der Waals surface area contributed by atoms with Gasteiger partial charge in [-0.05, 0) is 36.0 Å². The Morgan fingerprint density at radius 2 is 1.70 bits per heavy atom. The largest absolute Gasteiger partial charge is 0.478 e. The number of carboxylic acids is 1. The van der Waals surface area contributed by atoms with Crippen LogP contribution in [0.5, 0.6) is 0 Å². The van der Waals surface area contributed by atoms with Crippen molar-refractivity contribution in [1.82, 2.24) is 0 Å². The van der Waals surface area contributed by atoms with Gasteiger partial charge in [-0.3, -0.25) is 9.59 Å². The fourth-order valence-electron chi connectivity index (χ4n) is 2.25. The molecule has 1 atom stereocenters. The van der Waals surface area contributed by atoms with Gasteiger partial charge in [-0.25, -0.2) is 9.69 Å². The van der Waals surface area contributed by atoms with E-state index in [0.29, 0.717) is 11.4 Å². The first-order valence-electron chi connectivity index (χ1n) is 6.76. The van der Waals surface area contributed by atoms with Gasteiger partial charge < -0.3 is 10.4 Å². The molecule has 1 aliphatic heterocycles. The third-order valence-corrected chi connectivity index (χ3v) is 4.24. The highest BCUT2D eigenvalue weighted by molar-refractivity contribution is 8.16.